The maximum absolute atomic E-state index is 7.09. The Bertz CT molecular complexity index is 2210. The fourth-order valence-corrected chi connectivity index (χ4v) is 7.43. The van der Waals surface area contributed by atoms with Crippen LogP contribution in [-0.2, 0) is 0 Å². The number of hydrogen-bond donors (Lipinski definition) is 0. The average molecular weight is 562 g/mol. The van der Waals surface area contributed by atoms with Crippen LogP contribution in [0.4, 0.5) is 17.1 Å². The molecule has 194 valence electrons. The van der Waals surface area contributed by atoms with Gasteiger partial charge in [-0.2, -0.15) is 0 Å². The van der Waals surface area contributed by atoms with E-state index in [9.17, 15) is 0 Å². The summed E-state index contributed by atoms with van der Waals surface area (Å²) in [5.41, 5.74) is 5.62. The lowest BCUT2D eigenvalue weighted by Gasteiger charge is -2.26. The van der Waals surface area contributed by atoms with Crippen molar-refractivity contribution in [1.29, 1.82) is 0 Å². The van der Waals surface area contributed by atoms with E-state index >= 15 is 0 Å². The summed E-state index contributed by atoms with van der Waals surface area (Å²) in [6.07, 6.45) is 0. The van der Waals surface area contributed by atoms with Gasteiger partial charge in [-0.05, 0) is 69.1 Å². The predicted octanol–water partition coefficient (Wildman–Crippen LogP) is 12.2. The number of fused-ring (bicyclic) bond motifs is 6. The lowest BCUT2D eigenvalue weighted by Crippen LogP contribution is -2.10. The molecular weight excluding hydrogens is 538 g/mol. The molecule has 3 heteroatoms. The minimum Gasteiger partial charge on any atom is -0.310 e. The number of nitrogens with zero attached hydrogens (tertiary/aromatic N) is 1. The second-order valence-electron chi connectivity index (χ2n) is 10.3. The molecule has 0 bridgehead atoms. The summed E-state index contributed by atoms with van der Waals surface area (Å²) in [5, 5.41) is 8.14. The topological polar surface area (TPSA) is 3.24 Å². The van der Waals surface area contributed by atoms with Gasteiger partial charge in [-0.1, -0.05) is 121 Å². The van der Waals surface area contributed by atoms with Gasteiger partial charge in [0.1, 0.15) is 0 Å². The molecule has 0 aliphatic heterocycles. The van der Waals surface area contributed by atoms with Crippen LogP contribution in [0.2, 0.25) is 5.02 Å². The fraction of sp³-hybridized carbons (Fsp3) is 0. The first-order chi connectivity index (χ1) is 20.2. The van der Waals surface area contributed by atoms with Gasteiger partial charge in [-0.3, -0.25) is 0 Å². The third-order valence-electron chi connectivity index (χ3n) is 7.88. The maximum Gasteiger partial charge on any atom is 0.0605 e. The van der Waals surface area contributed by atoms with E-state index in [2.05, 4.69) is 150 Å². The lowest BCUT2D eigenvalue weighted by molar-refractivity contribution is 1.30. The van der Waals surface area contributed by atoms with E-state index in [1.807, 2.05) is 0 Å². The SMILES string of the molecule is Clc1cc(N(c2ccc(-c3ccccc3)cc2)c2ccc3ccccc3c2)cc2c1sc1c3ccccc3ccc21. The number of halogens is 1. The van der Waals surface area contributed by atoms with Gasteiger partial charge in [0.15, 0.2) is 0 Å². The van der Waals surface area contributed by atoms with Crippen LogP contribution in [0.15, 0.2) is 146 Å². The molecule has 0 fully saturated rings. The molecular formula is C38H24ClNS. The van der Waals surface area contributed by atoms with Gasteiger partial charge in [0.2, 0.25) is 0 Å². The summed E-state index contributed by atoms with van der Waals surface area (Å²) in [7, 11) is 0. The van der Waals surface area contributed by atoms with Gasteiger partial charge in [0.25, 0.3) is 0 Å². The van der Waals surface area contributed by atoms with Crippen molar-refractivity contribution in [2.45, 2.75) is 0 Å². The molecule has 1 heterocycles. The third-order valence-corrected chi connectivity index (χ3v) is 9.58. The summed E-state index contributed by atoms with van der Waals surface area (Å²) in [6.45, 7) is 0. The molecule has 0 radical (unpaired) electrons. The highest BCUT2D eigenvalue weighted by Gasteiger charge is 2.18. The van der Waals surface area contributed by atoms with Crippen molar-refractivity contribution >= 4 is 81.7 Å². The standard InChI is InChI=1S/C38H24ClNS/c39-36-24-32(23-35-34-21-17-28-11-6-7-13-33(28)37(34)41-38(35)36)40(31-20-16-26-10-4-5-12-29(26)22-31)30-18-14-27(15-19-30)25-8-2-1-3-9-25/h1-24H. The van der Waals surface area contributed by atoms with Crippen LogP contribution in [0, 0.1) is 0 Å². The molecule has 0 saturated carbocycles. The molecule has 0 unspecified atom stereocenters. The Labute approximate surface area is 247 Å². The molecule has 1 aromatic heterocycles. The molecule has 8 rings (SSSR count). The first-order valence-electron chi connectivity index (χ1n) is 13.7. The van der Waals surface area contributed by atoms with Gasteiger partial charge in [-0.15, -0.1) is 11.3 Å². The monoisotopic (exact) mass is 561 g/mol. The Morgan fingerprint density at radius 2 is 1.07 bits per heavy atom. The van der Waals surface area contributed by atoms with E-state index in [0.717, 1.165) is 26.8 Å². The number of hydrogen-bond acceptors (Lipinski definition) is 2. The minimum atomic E-state index is 0.773. The molecule has 0 saturated heterocycles. The summed E-state index contributed by atoms with van der Waals surface area (Å²) in [5.74, 6) is 0. The normalized spacial score (nSPS) is 11.5. The van der Waals surface area contributed by atoms with Crippen LogP contribution in [0.3, 0.4) is 0 Å². The Balaban J connectivity index is 1.34. The largest absolute Gasteiger partial charge is 0.310 e. The van der Waals surface area contributed by atoms with Gasteiger partial charge in [0.05, 0.1) is 9.72 Å². The van der Waals surface area contributed by atoms with Crippen LogP contribution < -0.4 is 4.90 Å². The molecule has 41 heavy (non-hydrogen) atoms. The van der Waals surface area contributed by atoms with Gasteiger partial charge in [0, 0.05) is 32.5 Å². The van der Waals surface area contributed by atoms with Crippen LogP contribution in [0.25, 0.3) is 52.8 Å². The molecule has 0 aliphatic rings. The first-order valence-corrected chi connectivity index (χ1v) is 14.9. The third kappa shape index (κ3) is 4.15. The van der Waals surface area contributed by atoms with Crippen LogP contribution in [-0.4, -0.2) is 0 Å². The molecule has 0 amide bonds. The summed E-state index contributed by atoms with van der Waals surface area (Å²) < 4.78 is 2.40. The van der Waals surface area contributed by atoms with Gasteiger partial charge < -0.3 is 4.90 Å². The van der Waals surface area contributed by atoms with Crippen molar-refractivity contribution in [3.8, 4) is 11.1 Å². The molecule has 0 aliphatic carbocycles. The lowest BCUT2D eigenvalue weighted by atomic mass is 10.0. The van der Waals surface area contributed by atoms with E-state index in [1.165, 1.54) is 48.1 Å². The van der Waals surface area contributed by atoms with E-state index in [4.69, 9.17) is 11.6 Å². The summed E-state index contributed by atoms with van der Waals surface area (Å²) in [4.78, 5) is 2.32. The van der Waals surface area contributed by atoms with E-state index in [0.29, 0.717) is 0 Å². The van der Waals surface area contributed by atoms with Crippen LogP contribution in [0.5, 0.6) is 0 Å². The number of rotatable bonds is 4. The summed E-state index contributed by atoms with van der Waals surface area (Å²) in [6, 6.07) is 51.9. The molecule has 8 aromatic rings. The highest BCUT2D eigenvalue weighted by Crippen LogP contribution is 2.46. The quantitative estimate of drug-likeness (QED) is 0.206. The predicted molar refractivity (Wildman–Crippen MR) is 179 cm³/mol. The molecule has 1 nitrogen and oxygen atoms in total. The van der Waals surface area contributed by atoms with Crippen molar-refractivity contribution in [3.05, 3.63) is 151 Å². The average Bonchev–Trinajstić information content (AvgIpc) is 3.42. The highest BCUT2D eigenvalue weighted by molar-refractivity contribution is 7.27. The van der Waals surface area contributed by atoms with Crippen molar-refractivity contribution in [2.75, 3.05) is 4.90 Å². The van der Waals surface area contributed by atoms with E-state index in [-0.39, 0.29) is 0 Å². The van der Waals surface area contributed by atoms with Crippen molar-refractivity contribution in [3.63, 3.8) is 0 Å². The molecule has 0 N–H and O–H groups in total. The molecule has 0 spiro atoms. The minimum absolute atomic E-state index is 0.773. The molecule has 0 atom stereocenters. The number of thiophene rings is 1. The zero-order valence-corrected chi connectivity index (χ0v) is 23.7. The number of benzene rings is 7. The first kappa shape index (κ1) is 24.2. The van der Waals surface area contributed by atoms with Crippen LogP contribution >= 0.6 is 22.9 Å². The maximum atomic E-state index is 7.09. The zero-order valence-electron chi connectivity index (χ0n) is 22.1. The zero-order chi connectivity index (χ0) is 27.3. The number of anilines is 3. The Morgan fingerprint density at radius 1 is 0.415 bits per heavy atom. The Hall–Kier alpha value is -4.63. The van der Waals surface area contributed by atoms with Gasteiger partial charge >= 0.3 is 0 Å². The van der Waals surface area contributed by atoms with E-state index in [1.54, 1.807) is 11.3 Å². The van der Waals surface area contributed by atoms with Gasteiger partial charge in [-0.25, -0.2) is 0 Å². The fourth-order valence-electron chi connectivity index (χ4n) is 5.88. The highest BCUT2D eigenvalue weighted by atomic mass is 35.5. The summed E-state index contributed by atoms with van der Waals surface area (Å²) >= 11 is 8.87. The van der Waals surface area contributed by atoms with Crippen LogP contribution in [0.1, 0.15) is 0 Å². The van der Waals surface area contributed by atoms with Crippen molar-refractivity contribution < 1.29 is 0 Å². The Kier molecular flexibility index (Phi) is 5.77. The Morgan fingerprint density at radius 3 is 1.90 bits per heavy atom. The van der Waals surface area contributed by atoms with Crippen molar-refractivity contribution in [1.82, 2.24) is 0 Å². The second kappa shape index (κ2) is 9.78. The second-order valence-corrected chi connectivity index (χ2v) is 11.8. The smallest absolute Gasteiger partial charge is 0.0605 e. The van der Waals surface area contributed by atoms with E-state index < -0.39 is 0 Å². The van der Waals surface area contributed by atoms with Crippen molar-refractivity contribution in [2.24, 2.45) is 0 Å². The molecule has 7 aromatic carbocycles.